The van der Waals surface area contributed by atoms with Crippen molar-refractivity contribution in [3.8, 4) is 22.6 Å². The molecule has 57 heavy (non-hydrogen) atoms. The van der Waals surface area contributed by atoms with Gasteiger partial charge in [0.25, 0.3) is 0 Å². The maximum Gasteiger partial charge on any atom is 0.134 e. The van der Waals surface area contributed by atoms with Gasteiger partial charge in [0.2, 0.25) is 0 Å². The molecule has 9 rings (SSSR count). The van der Waals surface area contributed by atoms with Gasteiger partial charge in [0.15, 0.2) is 0 Å². The minimum Gasteiger partial charge on any atom is -0.657 e. The molecule has 0 saturated heterocycles. The first-order valence-corrected chi connectivity index (χ1v) is 19.8. The van der Waals surface area contributed by atoms with Gasteiger partial charge in [-0.25, -0.2) is 15.0 Å². The van der Waals surface area contributed by atoms with Gasteiger partial charge in [-0.2, -0.15) is 0 Å². The SMILES string of the molecule is CC(C)(C)c1cc2c3nc(c(-c4cc(Br)cc(Br)c4)c4ccc([n-]4)c4cc(C(C)(C)C)cc(c4O)c4ccc5ccc6ccc(nc6c5n4)c(c1)c2O)C=C3.[Co].[Co]. The van der Waals surface area contributed by atoms with Crippen LogP contribution < -0.4 is 4.98 Å². The van der Waals surface area contributed by atoms with Crippen LogP contribution in [0.15, 0.2) is 99.9 Å². The minimum atomic E-state index is -0.237. The third-order valence-corrected chi connectivity index (χ3v) is 11.4. The third-order valence-electron chi connectivity index (χ3n) is 10.5. The van der Waals surface area contributed by atoms with Gasteiger partial charge in [0.05, 0.1) is 33.5 Å². The van der Waals surface area contributed by atoms with Crippen molar-refractivity contribution < 1.29 is 43.8 Å². The predicted molar refractivity (Wildman–Crippen MR) is 235 cm³/mol. The number of aromatic hydroxyl groups is 2. The Labute approximate surface area is 367 Å². The molecule has 12 bridgehead atoms. The van der Waals surface area contributed by atoms with Crippen LogP contribution in [0.4, 0.5) is 0 Å². The first-order chi connectivity index (χ1) is 26.1. The fourth-order valence-electron chi connectivity index (χ4n) is 7.41. The Morgan fingerprint density at radius 2 is 0.965 bits per heavy atom. The number of phenolic OH excluding ortho intramolecular Hbond substituents is 2. The molecule has 0 fully saturated rings. The van der Waals surface area contributed by atoms with Crippen LogP contribution in [0.3, 0.4) is 0 Å². The summed E-state index contributed by atoms with van der Waals surface area (Å²) >= 11 is 7.39. The molecular formula is C47H37Br2Co2N4O2-. The smallest absolute Gasteiger partial charge is 0.134 e. The summed E-state index contributed by atoms with van der Waals surface area (Å²) in [7, 11) is 0. The Morgan fingerprint density at radius 3 is 1.51 bits per heavy atom. The Bertz CT molecular complexity index is 3110. The van der Waals surface area contributed by atoms with Gasteiger partial charge in [0, 0.05) is 74.8 Å². The Morgan fingerprint density at radius 1 is 0.509 bits per heavy atom. The molecule has 0 spiro atoms. The van der Waals surface area contributed by atoms with Crippen LogP contribution >= 0.6 is 31.9 Å². The van der Waals surface area contributed by atoms with Crippen LogP contribution in [0.25, 0.3) is 88.7 Å². The number of rotatable bonds is 1. The molecule has 6 nitrogen and oxygen atoms in total. The van der Waals surface area contributed by atoms with Crippen molar-refractivity contribution in [3.63, 3.8) is 0 Å². The molecule has 10 heteroatoms. The van der Waals surface area contributed by atoms with Crippen molar-refractivity contribution in [2.45, 2.75) is 52.4 Å². The largest absolute Gasteiger partial charge is 0.657 e. The molecule has 1 aliphatic heterocycles. The summed E-state index contributed by atoms with van der Waals surface area (Å²) < 4.78 is 1.79. The Hall–Kier alpha value is -4.30. The maximum atomic E-state index is 12.2. The van der Waals surface area contributed by atoms with Gasteiger partial charge in [-0.15, -0.1) is 11.0 Å². The van der Waals surface area contributed by atoms with E-state index in [9.17, 15) is 10.2 Å². The summed E-state index contributed by atoms with van der Waals surface area (Å²) in [6, 6.07) is 30.2. The van der Waals surface area contributed by atoms with Crippen LogP contribution in [0, 0.1) is 0 Å². The first-order valence-electron chi connectivity index (χ1n) is 18.2. The van der Waals surface area contributed by atoms with E-state index in [0.717, 1.165) is 42.0 Å². The number of hydrogen-bond donors (Lipinski definition) is 2. The monoisotopic (exact) mass is 965 g/mol. The molecule has 4 aromatic carbocycles. The second-order valence-corrected chi connectivity index (χ2v) is 18.2. The number of phenols is 2. The van der Waals surface area contributed by atoms with E-state index in [0.29, 0.717) is 66.0 Å². The maximum absolute atomic E-state index is 12.2. The van der Waals surface area contributed by atoms with E-state index >= 15 is 0 Å². The molecule has 4 aromatic heterocycles. The van der Waals surface area contributed by atoms with Gasteiger partial charge in [-0.05, 0) is 99.8 Å². The Balaban J connectivity index is 0.00000248. The molecule has 290 valence electrons. The Kier molecular flexibility index (Phi) is 10.6. The quantitative estimate of drug-likeness (QED) is 0.159. The van der Waals surface area contributed by atoms with Gasteiger partial charge in [-0.1, -0.05) is 110 Å². The van der Waals surface area contributed by atoms with E-state index in [4.69, 9.17) is 19.9 Å². The van der Waals surface area contributed by atoms with Crippen molar-refractivity contribution in [2.24, 2.45) is 0 Å². The van der Waals surface area contributed by atoms with Crippen LogP contribution in [0.1, 0.15) is 64.1 Å². The number of pyridine rings is 2. The average molecular weight is 968 g/mol. The summed E-state index contributed by atoms with van der Waals surface area (Å²) in [4.78, 5) is 20.9. The number of fused-ring (bicyclic) bond motifs is 14. The van der Waals surface area contributed by atoms with E-state index in [2.05, 4.69) is 73.4 Å². The van der Waals surface area contributed by atoms with Gasteiger partial charge in [0.1, 0.15) is 11.5 Å². The number of aromatic nitrogens is 4. The molecule has 5 heterocycles. The van der Waals surface area contributed by atoms with Gasteiger partial charge >= 0.3 is 0 Å². The standard InChI is InChI=1S/C47H37Br2N4O2.2Co/c1-46(2,3)27-19-31-35-13-15-39(50-35)41(26-17-29(48)23-30(49)18-26)40-16-14-36(51-40)32-20-28(47(4,5)6)22-34(45(32)55)38-12-10-25-8-7-24-9-11-37(33(21-27)44(31)54)52-42(24)43(25)53-38;;/h7-23H,1-6H3,(H2-,50,51,52,53,54,55);;/q-1;;. The van der Waals surface area contributed by atoms with Crippen LogP contribution in [0.2, 0.25) is 0 Å². The summed E-state index contributed by atoms with van der Waals surface area (Å²) in [5.74, 6) is 0.208. The molecule has 0 unspecified atom stereocenters. The fourth-order valence-corrected chi connectivity index (χ4v) is 8.71. The molecule has 2 radical (unpaired) electrons. The summed E-state index contributed by atoms with van der Waals surface area (Å²) in [5.41, 5.74) is 8.65. The number of benzene rings is 4. The summed E-state index contributed by atoms with van der Waals surface area (Å²) in [6.07, 6.45) is 3.93. The summed E-state index contributed by atoms with van der Waals surface area (Å²) in [5, 5.41) is 28.6. The molecule has 8 aromatic rings. The first kappa shape index (κ1) is 40.9. The van der Waals surface area contributed by atoms with Crippen LogP contribution in [0.5, 0.6) is 11.5 Å². The zero-order chi connectivity index (χ0) is 38.6. The molecule has 1 aliphatic rings. The van der Waals surface area contributed by atoms with Crippen molar-refractivity contribution in [2.75, 3.05) is 0 Å². The molecular weight excluding hydrogens is 930 g/mol. The zero-order valence-corrected chi connectivity index (χ0v) is 37.2. The molecule has 0 amide bonds. The van der Waals surface area contributed by atoms with Crippen LogP contribution in [-0.2, 0) is 44.4 Å². The zero-order valence-electron chi connectivity index (χ0n) is 31.9. The second-order valence-electron chi connectivity index (χ2n) is 16.4. The summed E-state index contributed by atoms with van der Waals surface area (Å²) in [6.45, 7) is 13.0. The minimum absolute atomic E-state index is 0. The fraction of sp³-hybridized carbons (Fsp3) is 0.170. The third kappa shape index (κ3) is 7.25. The van der Waals surface area contributed by atoms with Crippen molar-refractivity contribution in [3.05, 3.63) is 122 Å². The average Bonchev–Trinajstić information content (AvgIpc) is 3.81. The number of hydrogen-bond acceptors (Lipinski definition) is 5. The number of halogens is 2. The van der Waals surface area contributed by atoms with Gasteiger partial charge < -0.3 is 15.2 Å². The van der Waals surface area contributed by atoms with Crippen molar-refractivity contribution in [1.29, 1.82) is 0 Å². The van der Waals surface area contributed by atoms with Crippen molar-refractivity contribution in [1.82, 2.24) is 19.9 Å². The van der Waals surface area contributed by atoms with E-state index in [1.807, 2.05) is 103 Å². The van der Waals surface area contributed by atoms with Crippen molar-refractivity contribution >= 4 is 109 Å². The normalized spacial score (nSPS) is 12.4. The molecule has 0 saturated carbocycles. The van der Waals surface area contributed by atoms with Crippen LogP contribution in [-0.4, -0.2) is 25.2 Å². The van der Waals surface area contributed by atoms with Gasteiger partial charge in [-0.3, -0.25) is 0 Å². The predicted octanol–water partition coefficient (Wildman–Crippen LogP) is 13.1. The second kappa shape index (κ2) is 14.8. The molecule has 0 aliphatic carbocycles. The number of nitrogens with zero attached hydrogens (tertiary/aromatic N) is 4. The van der Waals surface area contributed by atoms with E-state index in [-0.39, 0.29) is 55.9 Å². The van der Waals surface area contributed by atoms with E-state index < -0.39 is 0 Å². The molecule has 0 atom stereocenters. The van der Waals surface area contributed by atoms with E-state index in [1.165, 1.54) is 0 Å². The molecule has 2 N–H and O–H groups in total. The van der Waals surface area contributed by atoms with E-state index in [1.54, 1.807) is 0 Å². The topological polar surface area (TPSA) is 93.2 Å².